The average Bonchev–Trinajstić information content (AvgIpc) is 3.33. The first kappa shape index (κ1) is 18.9. The molecule has 5 nitrogen and oxygen atoms in total. The van der Waals surface area contributed by atoms with Crippen LogP contribution in [0.2, 0.25) is 0 Å². The molecule has 142 valence electrons. The summed E-state index contributed by atoms with van der Waals surface area (Å²) >= 11 is 5.20. The lowest BCUT2D eigenvalue weighted by Crippen LogP contribution is -2.28. The number of halogens is 1. The number of pyridine rings is 1. The second-order valence-corrected chi connectivity index (χ2v) is 8.30. The van der Waals surface area contributed by atoms with E-state index in [1.54, 1.807) is 17.5 Å². The fourth-order valence-electron chi connectivity index (χ4n) is 3.23. The number of carbonyl (C=O) groups is 1. The van der Waals surface area contributed by atoms with Crippen molar-refractivity contribution < 1.29 is 4.79 Å². The Morgan fingerprint density at radius 2 is 2.07 bits per heavy atom. The van der Waals surface area contributed by atoms with Crippen molar-refractivity contribution in [2.45, 2.75) is 5.92 Å². The zero-order valence-corrected chi connectivity index (χ0v) is 17.6. The van der Waals surface area contributed by atoms with Crippen molar-refractivity contribution in [1.82, 2.24) is 15.3 Å². The minimum absolute atomic E-state index is 0.0256. The van der Waals surface area contributed by atoms with Gasteiger partial charge in [-0.25, -0.2) is 4.98 Å². The first-order valence-electron chi connectivity index (χ1n) is 8.89. The number of carbonyl (C=O) groups excluding carboxylic acids is 1. The molecule has 3 N–H and O–H groups in total. The molecule has 1 amide bonds. The van der Waals surface area contributed by atoms with E-state index in [0.717, 1.165) is 36.5 Å². The van der Waals surface area contributed by atoms with E-state index in [0.29, 0.717) is 6.54 Å². The molecule has 4 rings (SSSR count). The number of hydrogen-bond acceptors (Lipinski definition) is 4. The molecular weight excluding hydrogens is 436 g/mol. The Morgan fingerprint density at radius 3 is 2.86 bits per heavy atom. The maximum Gasteiger partial charge on any atom is 0.233 e. The standard InChI is InChI=1S/C21H19BrN4OS/c1-23-12-16(13-5-3-2-4-6-13)21(27)26-18-11-17(22)19(28-18)14-7-9-24-20-15(14)8-10-25-20/h2-11,16,23H,12H2,1H3,(H,24,25)(H,26,27). The molecule has 0 bridgehead atoms. The topological polar surface area (TPSA) is 69.8 Å². The van der Waals surface area contributed by atoms with Gasteiger partial charge >= 0.3 is 0 Å². The molecule has 1 atom stereocenters. The first-order valence-corrected chi connectivity index (χ1v) is 10.5. The van der Waals surface area contributed by atoms with E-state index in [2.05, 4.69) is 36.5 Å². The second kappa shape index (κ2) is 8.26. The fourth-order valence-corrected chi connectivity index (χ4v) is 5.06. The number of rotatable bonds is 6. The third-order valence-corrected chi connectivity index (χ3v) is 6.54. The first-order chi connectivity index (χ1) is 13.7. The van der Waals surface area contributed by atoms with Crippen LogP contribution in [-0.2, 0) is 4.79 Å². The van der Waals surface area contributed by atoms with Crippen LogP contribution in [-0.4, -0.2) is 29.5 Å². The molecular formula is C21H19BrN4OS. The van der Waals surface area contributed by atoms with Crippen molar-refractivity contribution in [3.63, 3.8) is 0 Å². The summed E-state index contributed by atoms with van der Waals surface area (Å²) in [5.41, 5.74) is 2.92. The van der Waals surface area contributed by atoms with Gasteiger partial charge in [0.25, 0.3) is 0 Å². The molecule has 0 saturated heterocycles. The zero-order valence-electron chi connectivity index (χ0n) is 15.2. The summed E-state index contributed by atoms with van der Waals surface area (Å²) in [6.45, 7) is 0.573. The molecule has 0 spiro atoms. The molecule has 0 saturated carbocycles. The number of H-pyrrole nitrogens is 1. The molecule has 1 unspecified atom stereocenters. The number of benzene rings is 1. The van der Waals surface area contributed by atoms with Gasteiger partial charge < -0.3 is 15.6 Å². The lowest BCUT2D eigenvalue weighted by molar-refractivity contribution is -0.117. The van der Waals surface area contributed by atoms with E-state index in [4.69, 9.17) is 0 Å². The predicted octanol–water partition coefficient (Wildman–Crippen LogP) is 5.00. The van der Waals surface area contributed by atoms with Crippen LogP contribution in [0.15, 0.2) is 65.4 Å². The van der Waals surface area contributed by atoms with Gasteiger partial charge in [0.1, 0.15) is 5.65 Å². The number of nitrogens with one attached hydrogen (secondary N) is 3. The van der Waals surface area contributed by atoms with Crippen LogP contribution in [0.1, 0.15) is 11.5 Å². The Labute approximate surface area is 175 Å². The number of fused-ring (bicyclic) bond motifs is 1. The van der Waals surface area contributed by atoms with Gasteiger partial charge in [0, 0.05) is 34.4 Å². The summed E-state index contributed by atoms with van der Waals surface area (Å²) in [6.07, 6.45) is 3.67. The van der Waals surface area contributed by atoms with Gasteiger partial charge in [-0.1, -0.05) is 30.3 Å². The quantitative estimate of drug-likeness (QED) is 0.384. The molecule has 1 aromatic carbocycles. The predicted molar refractivity (Wildman–Crippen MR) is 119 cm³/mol. The molecule has 7 heteroatoms. The molecule has 3 aromatic heterocycles. The summed E-state index contributed by atoms with van der Waals surface area (Å²) in [5, 5.41) is 8.07. The number of anilines is 1. The minimum Gasteiger partial charge on any atom is -0.346 e. The smallest absolute Gasteiger partial charge is 0.233 e. The largest absolute Gasteiger partial charge is 0.346 e. The number of nitrogens with zero attached hydrogens (tertiary/aromatic N) is 1. The highest BCUT2D eigenvalue weighted by molar-refractivity contribution is 9.10. The fraction of sp³-hybridized carbons (Fsp3) is 0.143. The van der Waals surface area contributed by atoms with Gasteiger partial charge in [0.05, 0.1) is 15.8 Å². The van der Waals surface area contributed by atoms with Crippen molar-refractivity contribution in [1.29, 1.82) is 0 Å². The summed E-state index contributed by atoms with van der Waals surface area (Å²) in [4.78, 5) is 21.5. The van der Waals surface area contributed by atoms with E-state index in [1.807, 2.05) is 61.8 Å². The van der Waals surface area contributed by atoms with Crippen molar-refractivity contribution in [3.8, 4) is 10.4 Å². The van der Waals surface area contributed by atoms with Crippen LogP contribution in [0.25, 0.3) is 21.5 Å². The van der Waals surface area contributed by atoms with Crippen LogP contribution in [0.3, 0.4) is 0 Å². The maximum atomic E-state index is 13.0. The third-order valence-electron chi connectivity index (χ3n) is 4.56. The van der Waals surface area contributed by atoms with Crippen molar-refractivity contribution in [2.75, 3.05) is 18.9 Å². The lowest BCUT2D eigenvalue weighted by atomic mass is 9.98. The molecule has 0 fully saturated rings. The number of aromatic amines is 1. The van der Waals surface area contributed by atoms with Crippen LogP contribution in [0, 0.1) is 0 Å². The Bertz CT molecular complexity index is 1110. The van der Waals surface area contributed by atoms with Crippen LogP contribution in [0.4, 0.5) is 5.00 Å². The molecule has 0 aliphatic rings. The number of hydrogen-bond donors (Lipinski definition) is 3. The van der Waals surface area contributed by atoms with E-state index < -0.39 is 0 Å². The maximum absolute atomic E-state index is 13.0. The van der Waals surface area contributed by atoms with Crippen LogP contribution in [0.5, 0.6) is 0 Å². The second-order valence-electron chi connectivity index (χ2n) is 6.40. The van der Waals surface area contributed by atoms with Gasteiger partial charge in [0.15, 0.2) is 0 Å². The number of aromatic nitrogens is 2. The molecule has 28 heavy (non-hydrogen) atoms. The van der Waals surface area contributed by atoms with Crippen molar-refractivity contribution >= 4 is 49.2 Å². The SMILES string of the molecule is CNCC(C(=O)Nc1cc(Br)c(-c2ccnc3[nH]ccc23)s1)c1ccccc1. The molecule has 0 radical (unpaired) electrons. The van der Waals surface area contributed by atoms with Crippen LogP contribution < -0.4 is 10.6 Å². The van der Waals surface area contributed by atoms with E-state index >= 15 is 0 Å². The molecule has 3 heterocycles. The average molecular weight is 455 g/mol. The summed E-state index contributed by atoms with van der Waals surface area (Å²) < 4.78 is 0.950. The van der Waals surface area contributed by atoms with Crippen molar-refractivity contribution in [3.05, 3.63) is 71.0 Å². The van der Waals surface area contributed by atoms with E-state index in [1.165, 1.54) is 0 Å². The number of amides is 1. The van der Waals surface area contributed by atoms with E-state index in [9.17, 15) is 4.79 Å². The monoisotopic (exact) mass is 454 g/mol. The Hall–Kier alpha value is -2.48. The normalized spacial score (nSPS) is 12.2. The van der Waals surface area contributed by atoms with Gasteiger partial charge in [-0.2, -0.15) is 0 Å². The van der Waals surface area contributed by atoms with E-state index in [-0.39, 0.29) is 11.8 Å². The molecule has 0 aliphatic heterocycles. The molecule has 4 aromatic rings. The highest BCUT2D eigenvalue weighted by Crippen LogP contribution is 2.41. The zero-order chi connectivity index (χ0) is 19.5. The summed E-state index contributed by atoms with van der Waals surface area (Å²) in [7, 11) is 1.86. The Kier molecular flexibility index (Phi) is 5.57. The minimum atomic E-state index is -0.257. The lowest BCUT2D eigenvalue weighted by Gasteiger charge is -2.16. The van der Waals surface area contributed by atoms with Gasteiger partial charge in [0.2, 0.25) is 5.91 Å². The summed E-state index contributed by atoms with van der Waals surface area (Å²) in [5.74, 6) is -0.282. The number of likely N-dealkylation sites (N-methyl/N-ethyl adjacent to an activating group) is 1. The van der Waals surface area contributed by atoms with Gasteiger partial charge in [-0.15, -0.1) is 11.3 Å². The third kappa shape index (κ3) is 3.73. The highest BCUT2D eigenvalue weighted by atomic mass is 79.9. The Morgan fingerprint density at radius 1 is 1.25 bits per heavy atom. The molecule has 0 aliphatic carbocycles. The summed E-state index contributed by atoms with van der Waals surface area (Å²) in [6, 6.07) is 15.8. The number of thiophene rings is 1. The Balaban J connectivity index is 1.61. The van der Waals surface area contributed by atoms with Crippen molar-refractivity contribution in [2.24, 2.45) is 0 Å². The van der Waals surface area contributed by atoms with Gasteiger partial charge in [-0.05, 0) is 46.7 Å². The van der Waals surface area contributed by atoms with Gasteiger partial charge in [-0.3, -0.25) is 4.79 Å². The van der Waals surface area contributed by atoms with Crippen LogP contribution >= 0.6 is 27.3 Å². The highest BCUT2D eigenvalue weighted by Gasteiger charge is 2.21.